The van der Waals surface area contributed by atoms with Gasteiger partial charge in [0.2, 0.25) is 5.91 Å². The van der Waals surface area contributed by atoms with Crippen LogP contribution in [0.1, 0.15) is 31.2 Å². The van der Waals surface area contributed by atoms with Crippen molar-refractivity contribution in [1.29, 1.82) is 0 Å². The molecule has 0 saturated carbocycles. The zero-order valence-electron chi connectivity index (χ0n) is 16.1. The SMILES string of the molecule is O=C1C[C@H](/C=C/C(O)Cc2ccc3ccccc3c2)N1CC#CCCCCO. The highest BCUT2D eigenvalue weighted by atomic mass is 16.3. The van der Waals surface area contributed by atoms with Crippen LogP contribution in [0, 0.1) is 11.8 Å². The number of amides is 1. The summed E-state index contributed by atoms with van der Waals surface area (Å²) >= 11 is 0. The molecular weight excluding hydrogens is 350 g/mol. The normalized spacial score (nSPS) is 17.4. The molecule has 146 valence electrons. The smallest absolute Gasteiger partial charge is 0.226 e. The largest absolute Gasteiger partial charge is 0.396 e. The van der Waals surface area contributed by atoms with Gasteiger partial charge in [-0.1, -0.05) is 60.5 Å². The Labute approximate surface area is 166 Å². The second kappa shape index (κ2) is 10.1. The highest BCUT2D eigenvalue weighted by Crippen LogP contribution is 2.21. The maximum Gasteiger partial charge on any atom is 0.226 e. The lowest BCUT2D eigenvalue weighted by molar-refractivity contribution is -0.142. The number of hydrogen-bond acceptors (Lipinski definition) is 3. The molecule has 3 rings (SSSR count). The van der Waals surface area contributed by atoms with Gasteiger partial charge < -0.3 is 15.1 Å². The van der Waals surface area contributed by atoms with Crippen LogP contribution in [-0.2, 0) is 11.2 Å². The van der Waals surface area contributed by atoms with Crippen LogP contribution < -0.4 is 0 Å². The molecule has 1 heterocycles. The van der Waals surface area contributed by atoms with Crippen LogP contribution in [-0.4, -0.2) is 46.3 Å². The van der Waals surface area contributed by atoms with Crippen molar-refractivity contribution in [1.82, 2.24) is 4.90 Å². The van der Waals surface area contributed by atoms with Crippen molar-refractivity contribution < 1.29 is 15.0 Å². The first-order valence-corrected chi connectivity index (χ1v) is 9.87. The molecule has 1 aliphatic rings. The summed E-state index contributed by atoms with van der Waals surface area (Å²) in [6.45, 7) is 0.619. The van der Waals surface area contributed by atoms with Crippen LogP contribution in [0.3, 0.4) is 0 Å². The fourth-order valence-corrected chi connectivity index (χ4v) is 3.34. The summed E-state index contributed by atoms with van der Waals surface area (Å²) in [4.78, 5) is 13.5. The summed E-state index contributed by atoms with van der Waals surface area (Å²) in [6.07, 6.45) is 6.53. The summed E-state index contributed by atoms with van der Waals surface area (Å²) in [5.74, 6) is 6.17. The van der Waals surface area contributed by atoms with Gasteiger partial charge in [0, 0.05) is 19.4 Å². The van der Waals surface area contributed by atoms with Crippen molar-refractivity contribution in [2.24, 2.45) is 0 Å². The van der Waals surface area contributed by atoms with Crippen molar-refractivity contribution >= 4 is 16.7 Å². The second-order valence-electron chi connectivity index (χ2n) is 7.17. The Bertz CT molecular complexity index is 893. The minimum Gasteiger partial charge on any atom is -0.396 e. The van der Waals surface area contributed by atoms with Crippen LogP contribution in [0.2, 0.25) is 0 Å². The molecule has 1 aliphatic heterocycles. The molecule has 0 spiro atoms. The molecule has 4 heteroatoms. The lowest BCUT2D eigenvalue weighted by Gasteiger charge is -2.37. The van der Waals surface area contributed by atoms with Gasteiger partial charge in [-0.15, -0.1) is 5.92 Å². The maximum atomic E-state index is 11.8. The zero-order valence-corrected chi connectivity index (χ0v) is 16.1. The average molecular weight is 377 g/mol. The van der Waals surface area contributed by atoms with Crippen molar-refractivity contribution in [3.63, 3.8) is 0 Å². The predicted molar refractivity (Wildman–Crippen MR) is 112 cm³/mol. The van der Waals surface area contributed by atoms with E-state index in [9.17, 15) is 9.90 Å². The van der Waals surface area contributed by atoms with Gasteiger partial charge in [-0.05, 0) is 29.2 Å². The molecule has 0 radical (unpaired) electrons. The molecule has 1 unspecified atom stereocenters. The van der Waals surface area contributed by atoms with E-state index in [0.717, 1.165) is 24.8 Å². The van der Waals surface area contributed by atoms with E-state index >= 15 is 0 Å². The Hall–Kier alpha value is -2.61. The van der Waals surface area contributed by atoms with Crippen molar-refractivity contribution in [2.75, 3.05) is 13.2 Å². The standard InChI is InChI=1S/C24H27NO3/c26-15-7-3-1-2-6-14-25-22(18-24(25)28)12-13-23(27)17-19-10-11-20-8-4-5-9-21(20)16-19/h4-5,8-13,16,22-23,26-27H,1,3,7,14-15,17-18H2/b13-12+/t22-,23?/m0/s1. The molecular formula is C24H27NO3. The van der Waals surface area contributed by atoms with E-state index in [1.165, 1.54) is 10.8 Å². The lowest BCUT2D eigenvalue weighted by atomic mass is 9.99. The van der Waals surface area contributed by atoms with Gasteiger partial charge in [-0.25, -0.2) is 0 Å². The highest BCUT2D eigenvalue weighted by Gasteiger charge is 2.33. The Balaban J connectivity index is 1.49. The van der Waals surface area contributed by atoms with Gasteiger partial charge in [0.05, 0.1) is 25.1 Å². The first kappa shape index (κ1) is 20.1. The number of fused-ring (bicyclic) bond motifs is 1. The van der Waals surface area contributed by atoms with Crippen LogP contribution in [0.5, 0.6) is 0 Å². The molecule has 0 aliphatic carbocycles. The van der Waals surface area contributed by atoms with E-state index in [1.807, 2.05) is 24.3 Å². The number of hydrogen-bond donors (Lipinski definition) is 2. The lowest BCUT2D eigenvalue weighted by Crippen LogP contribution is -2.51. The third-order valence-corrected chi connectivity index (χ3v) is 5.00. The first-order chi connectivity index (χ1) is 13.7. The number of aliphatic hydroxyl groups excluding tert-OH is 2. The third-order valence-electron chi connectivity index (χ3n) is 5.00. The number of carbonyl (C=O) groups excluding carboxylic acids is 1. The summed E-state index contributed by atoms with van der Waals surface area (Å²) < 4.78 is 0. The molecule has 2 N–H and O–H groups in total. The van der Waals surface area contributed by atoms with Gasteiger partial charge >= 0.3 is 0 Å². The number of aliphatic hydroxyl groups is 2. The minimum absolute atomic E-state index is 0.0190. The van der Waals surface area contributed by atoms with Gasteiger partial charge in [0.25, 0.3) is 0 Å². The van der Waals surface area contributed by atoms with Gasteiger partial charge in [-0.3, -0.25) is 4.79 Å². The average Bonchev–Trinajstić information content (AvgIpc) is 2.70. The van der Waals surface area contributed by atoms with E-state index in [2.05, 4.69) is 36.1 Å². The number of β-lactam (4-membered cyclic amide) rings is 1. The minimum atomic E-state index is -0.580. The number of nitrogens with zero attached hydrogens (tertiary/aromatic N) is 1. The zero-order chi connectivity index (χ0) is 19.8. The predicted octanol–water partition coefficient (Wildman–Crippen LogP) is 3.07. The highest BCUT2D eigenvalue weighted by molar-refractivity contribution is 5.84. The molecule has 0 bridgehead atoms. The molecule has 4 nitrogen and oxygen atoms in total. The molecule has 1 amide bonds. The van der Waals surface area contributed by atoms with E-state index in [-0.39, 0.29) is 18.6 Å². The molecule has 2 atom stereocenters. The summed E-state index contributed by atoms with van der Waals surface area (Å²) in [5.41, 5.74) is 1.09. The number of unbranched alkanes of at least 4 members (excludes halogenated alkanes) is 2. The molecule has 1 fully saturated rings. The molecule has 2 aromatic carbocycles. The van der Waals surface area contributed by atoms with Gasteiger partial charge in [0.15, 0.2) is 0 Å². The van der Waals surface area contributed by atoms with Crippen molar-refractivity contribution in [2.45, 2.75) is 44.2 Å². The summed E-state index contributed by atoms with van der Waals surface area (Å²) in [6, 6.07) is 14.4. The van der Waals surface area contributed by atoms with Crippen LogP contribution in [0.4, 0.5) is 0 Å². The van der Waals surface area contributed by atoms with Crippen LogP contribution >= 0.6 is 0 Å². The Kier molecular flexibility index (Phi) is 7.25. The van der Waals surface area contributed by atoms with Gasteiger partial charge in [-0.2, -0.15) is 0 Å². The molecule has 2 aromatic rings. The first-order valence-electron chi connectivity index (χ1n) is 9.87. The number of likely N-dealkylation sites (tertiary alicyclic amines) is 1. The Morgan fingerprint density at radius 2 is 1.96 bits per heavy atom. The van der Waals surface area contributed by atoms with E-state index in [1.54, 1.807) is 11.0 Å². The number of carbonyl (C=O) groups is 1. The van der Waals surface area contributed by atoms with Crippen LogP contribution in [0.25, 0.3) is 10.8 Å². The number of benzene rings is 2. The molecule has 0 aromatic heterocycles. The fourth-order valence-electron chi connectivity index (χ4n) is 3.34. The van der Waals surface area contributed by atoms with Gasteiger partial charge in [0.1, 0.15) is 0 Å². The molecule has 1 saturated heterocycles. The fraction of sp³-hybridized carbons (Fsp3) is 0.375. The van der Waals surface area contributed by atoms with E-state index in [4.69, 9.17) is 5.11 Å². The monoisotopic (exact) mass is 377 g/mol. The Morgan fingerprint density at radius 1 is 1.14 bits per heavy atom. The Morgan fingerprint density at radius 3 is 2.75 bits per heavy atom. The van der Waals surface area contributed by atoms with Crippen molar-refractivity contribution in [3.8, 4) is 11.8 Å². The van der Waals surface area contributed by atoms with E-state index < -0.39 is 6.10 Å². The quantitative estimate of drug-likeness (QED) is 0.322. The topological polar surface area (TPSA) is 60.8 Å². The maximum absolute atomic E-state index is 11.8. The summed E-state index contributed by atoms with van der Waals surface area (Å²) in [5, 5.41) is 21.5. The van der Waals surface area contributed by atoms with Crippen LogP contribution in [0.15, 0.2) is 54.6 Å². The number of rotatable bonds is 8. The van der Waals surface area contributed by atoms with E-state index in [0.29, 0.717) is 19.4 Å². The summed E-state index contributed by atoms with van der Waals surface area (Å²) in [7, 11) is 0. The second-order valence-corrected chi connectivity index (χ2v) is 7.17. The molecule has 28 heavy (non-hydrogen) atoms. The third kappa shape index (κ3) is 5.45. The van der Waals surface area contributed by atoms with Crippen molar-refractivity contribution in [3.05, 3.63) is 60.2 Å².